The third-order valence-corrected chi connectivity index (χ3v) is 7.44. The Morgan fingerprint density at radius 2 is 1.69 bits per heavy atom. The Bertz CT molecular complexity index is 1250. The zero-order valence-corrected chi connectivity index (χ0v) is 21.3. The van der Waals surface area contributed by atoms with Gasteiger partial charge in [0.1, 0.15) is 6.54 Å². The van der Waals surface area contributed by atoms with Crippen LogP contribution in [0.15, 0.2) is 82.8 Å². The summed E-state index contributed by atoms with van der Waals surface area (Å²) in [6.45, 7) is 1.22. The second-order valence-electron chi connectivity index (χ2n) is 6.66. The fraction of sp³-hybridized carbons (Fsp3) is 0.0909. The number of halogens is 3. The first-order chi connectivity index (χ1) is 15.2. The van der Waals surface area contributed by atoms with Crippen LogP contribution in [-0.2, 0) is 14.8 Å². The minimum absolute atomic E-state index is 0.0254. The first kappa shape index (κ1) is 24.5. The van der Waals surface area contributed by atoms with Crippen LogP contribution in [0.1, 0.15) is 12.5 Å². The van der Waals surface area contributed by atoms with Gasteiger partial charge < -0.3 is 0 Å². The number of sulfonamides is 1. The summed E-state index contributed by atoms with van der Waals surface area (Å²) in [6.07, 6.45) is 0. The van der Waals surface area contributed by atoms with E-state index in [1.54, 1.807) is 25.1 Å². The maximum Gasteiger partial charge on any atom is 0.264 e. The van der Waals surface area contributed by atoms with Gasteiger partial charge in [-0.2, -0.15) is 5.10 Å². The van der Waals surface area contributed by atoms with Crippen molar-refractivity contribution < 1.29 is 13.2 Å². The van der Waals surface area contributed by atoms with Gasteiger partial charge in [-0.1, -0.05) is 53.5 Å². The number of carbonyl (C=O) groups is 1. The van der Waals surface area contributed by atoms with E-state index in [0.29, 0.717) is 10.7 Å². The highest BCUT2D eigenvalue weighted by Gasteiger charge is 2.28. The van der Waals surface area contributed by atoms with Crippen LogP contribution in [0.3, 0.4) is 0 Å². The fourth-order valence-electron chi connectivity index (χ4n) is 2.77. The topological polar surface area (TPSA) is 78.8 Å². The number of nitrogens with one attached hydrogen (secondary N) is 1. The van der Waals surface area contributed by atoms with Crippen molar-refractivity contribution in [2.24, 2.45) is 5.10 Å². The lowest BCUT2D eigenvalue weighted by Gasteiger charge is -2.24. The molecule has 0 spiro atoms. The smallest absolute Gasteiger partial charge is 0.264 e. The molecule has 3 rings (SSSR count). The minimum Gasteiger partial charge on any atom is -0.271 e. The standard InChI is InChI=1S/C22H18Cl2IN3O3S/c1-15(16-7-10-18(25)11-8-16)26-27-22(29)14-28(21-12-9-17(23)13-20(21)24)32(30,31)19-5-3-2-4-6-19/h2-13H,14H2,1H3,(H,27,29)/b26-15-. The summed E-state index contributed by atoms with van der Waals surface area (Å²) in [6, 6.07) is 19.8. The maximum atomic E-state index is 13.3. The quantitative estimate of drug-likeness (QED) is 0.226. The summed E-state index contributed by atoms with van der Waals surface area (Å²) < 4.78 is 28.6. The van der Waals surface area contributed by atoms with Crippen LogP contribution in [0.2, 0.25) is 10.0 Å². The van der Waals surface area contributed by atoms with Gasteiger partial charge in [-0.3, -0.25) is 9.10 Å². The Hall–Kier alpha value is -2.14. The average Bonchev–Trinajstić information content (AvgIpc) is 2.77. The predicted molar refractivity (Wildman–Crippen MR) is 137 cm³/mol. The highest BCUT2D eigenvalue weighted by molar-refractivity contribution is 14.1. The number of nitrogens with zero attached hydrogens (tertiary/aromatic N) is 2. The molecule has 0 fully saturated rings. The van der Waals surface area contributed by atoms with E-state index in [9.17, 15) is 13.2 Å². The van der Waals surface area contributed by atoms with Crippen molar-refractivity contribution in [1.82, 2.24) is 5.43 Å². The molecule has 0 saturated heterocycles. The average molecular weight is 602 g/mol. The van der Waals surface area contributed by atoms with Crippen molar-refractivity contribution in [2.45, 2.75) is 11.8 Å². The maximum absolute atomic E-state index is 13.3. The number of hydrazone groups is 1. The van der Waals surface area contributed by atoms with Gasteiger partial charge in [0.25, 0.3) is 15.9 Å². The molecule has 166 valence electrons. The van der Waals surface area contributed by atoms with Crippen molar-refractivity contribution in [1.29, 1.82) is 0 Å². The Labute approximate surface area is 210 Å². The lowest BCUT2D eigenvalue weighted by atomic mass is 10.1. The van der Waals surface area contributed by atoms with Gasteiger partial charge in [0.2, 0.25) is 0 Å². The van der Waals surface area contributed by atoms with Crippen LogP contribution in [-0.4, -0.2) is 26.6 Å². The molecular weight excluding hydrogens is 584 g/mol. The molecule has 0 aliphatic carbocycles. The number of amides is 1. The van der Waals surface area contributed by atoms with Gasteiger partial charge in [0, 0.05) is 8.59 Å². The van der Waals surface area contributed by atoms with E-state index in [1.807, 2.05) is 24.3 Å². The molecule has 32 heavy (non-hydrogen) atoms. The number of rotatable bonds is 7. The van der Waals surface area contributed by atoms with Crippen LogP contribution in [0, 0.1) is 3.57 Å². The summed E-state index contributed by atoms with van der Waals surface area (Å²) in [5, 5.41) is 4.55. The molecular formula is C22H18Cl2IN3O3S. The number of carbonyl (C=O) groups excluding carboxylic acids is 1. The molecule has 0 saturated carbocycles. The van der Waals surface area contributed by atoms with Gasteiger partial charge in [0.15, 0.2) is 0 Å². The van der Waals surface area contributed by atoms with Crippen molar-refractivity contribution in [3.63, 3.8) is 0 Å². The number of hydrogen-bond donors (Lipinski definition) is 1. The fourth-order valence-corrected chi connectivity index (χ4v) is 5.15. The summed E-state index contributed by atoms with van der Waals surface area (Å²) in [4.78, 5) is 12.7. The number of benzene rings is 3. The van der Waals surface area contributed by atoms with E-state index in [1.165, 1.54) is 30.3 Å². The van der Waals surface area contributed by atoms with E-state index in [4.69, 9.17) is 23.2 Å². The molecule has 3 aromatic rings. The van der Waals surface area contributed by atoms with Gasteiger partial charge in [-0.25, -0.2) is 13.8 Å². The molecule has 0 aromatic heterocycles. The molecule has 0 atom stereocenters. The molecule has 0 unspecified atom stereocenters. The number of anilines is 1. The van der Waals surface area contributed by atoms with E-state index < -0.39 is 22.5 Å². The third kappa shape index (κ3) is 6.00. The molecule has 1 N–H and O–H groups in total. The summed E-state index contributed by atoms with van der Waals surface area (Å²) in [7, 11) is -4.08. The first-order valence-corrected chi connectivity index (χ1v) is 12.6. The first-order valence-electron chi connectivity index (χ1n) is 9.30. The third-order valence-electron chi connectivity index (χ3n) is 4.41. The van der Waals surface area contributed by atoms with Gasteiger partial charge in [0.05, 0.1) is 21.3 Å². The predicted octanol–water partition coefficient (Wildman–Crippen LogP) is 5.33. The van der Waals surface area contributed by atoms with Crippen molar-refractivity contribution in [3.05, 3.63) is 92.0 Å². The van der Waals surface area contributed by atoms with E-state index in [2.05, 4.69) is 33.1 Å². The Balaban J connectivity index is 1.89. The molecule has 0 aliphatic rings. The highest BCUT2D eigenvalue weighted by Crippen LogP contribution is 2.32. The van der Waals surface area contributed by atoms with Crippen molar-refractivity contribution in [2.75, 3.05) is 10.8 Å². The molecule has 0 bridgehead atoms. The SMILES string of the molecule is C/C(=N/NC(=O)CN(c1ccc(Cl)cc1Cl)S(=O)(=O)c1ccccc1)c1ccc(I)cc1. The Morgan fingerprint density at radius 1 is 1.03 bits per heavy atom. The molecule has 0 heterocycles. The molecule has 1 amide bonds. The molecule has 6 nitrogen and oxygen atoms in total. The lowest BCUT2D eigenvalue weighted by Crippen LogP contribution is -2.40. The zero-order valence-electron chi connectivity index (χ0n) is 16.8. The summed E-state index contributed by atoms with van der Waals surface area (Å²) in [5.74, 6) is -0.625. The van der Waals surface area contributed by atoms with Crippen molar-refractivity contribution >= 4 is 73.1 Å². The van der Waals surface area contributed by atoms with Crippen LogP contribution >= 0.6 is 45.8 Å². The largest absolute Gasteiger partial charge is 0.271 e. The van der Waals surface area contributed by atoms with Gasteiger partial charge >= 0.3 is 0 Å². The number of hydrogen-bond acceptors (Lipinski definition) is 4. The Kier molecular flexibility index (Phi) is 8.16. The van der Waals surface area contributed by atoms with Crippen LogP contribution in [0.5, 0.6) is 0 Å². The zero-order chi connectivity index (χ0) is 23.3. The van der Waals surface area contributed by atoms with Crippen LogP contribution in [0.4, 0.5) is 5.69 Å². The summed E-state index contributed by atoms with van der Waals surface area (Å²) >= 11 is 14.4. The highest BCUT2D eigenvalue weighted by atomic mass is 127. The minimum atomic E-state index is -4.08. The molecule has 3 aromatic carbocycles. The van der Waals surface area contributed by atoms with Crippen LogP contribution < -0.4 is 9.73 Å². The normalized spacial score (nSPS) is 11.8. The molecule has 10 heteroatoms. The van der Waals surface area contributed by atoms with Gasteiger partial charge in [-0.15, -0.1) is 0 Å². The van der Waals surface area contributed by atoms with E-state index >= 15 is 0 Å². The molecule has 0 radical (unpaired) electrons. The summed E-state index contributed by atoms with van der Waals surface area (Å²) in [5.41, 5.74) is 3.97. The van der Waals surface area contributed by atoms with E-state index in [-0.39, 0.29) is 15.6 Å². The molecule has 0 aliphatic heterocycles. The lowest BCUT2D eigenvalue weighted by molar-refractivity contribution is -0.119. The second kappa shape index (κ2) is 10.7. The van der Waals surface area contributed by atoms with Crippen LogP contribution in [0.25, 0.3) is 0 Å². The van der Waals surface area contributed by atoms with Crippen molar-refractivity contribution in [3.8, 4) is 0 Å². The van der Waals surface area contributed by atoms with Gasteiger partial charge in [-0.05, 0) is 77.5 Å². The Morgan fingerprint density at radius 3 is 2.31 bits per heavy atom. The second-order valence-corrected chi connectivity index (χ2v) is 10.6. The monoisotopic (exact) mass is 601 g/mol. The van der Waals surface area contributed by atoms with E-state index in [0.717, 1.165) is 13.4 Å².